The lowest BCUT2D eigenvalue weighted by molar-refractivity contribution is -0.140. The van der Waals surface area contributed by atoms with Gasteiger partial charge in [-0.05, 0) is 31.5 Å². The molecule has 0 heterocycles. The number of ether oxygens (including phenoxy) is 1. The van der Waals surface area contributed by atoms with E-state index in [9.17, 15) is 19.2 Å². The molecule has 1 aliphatic carbocycles. The number of nitrogens with one attached hydrogen (secondary N) is 1. The first-order valence-corrected chi connectivity index (χ1v) is 9.22. The molecule has 1 amide bonds. The minimum Gasteiger partial charge on any atom is -0.486 e. The number of aliphatic carboxylic acids is 1. The molecule has 8 heteroatoms. The Kier molecular flexibility index (Phi) is 5.69. The van der Waals surface area contributed by atoms with Gasteiger partial charge in [0.1, 0.15) is 13.2 Å². The van der Waals surface area contributed by atoms with E-state index in [4.69, 9.17) is 9.84 Å². The van der Waals surface area contributed by atoms with Crippen molar-refractivity contribution in [3.05, 3.63) is 65.0 Å². The maximum absolute atomic E-state index is 15.3. The van der Waals surface area contributed by atoms with E-state index in [1.54, 1.807) is 0 Å². The van der Waals surface area contributed by atoms with Crippen molar-refractivity contribution < 1.29 is 33.4 Å². The summed E-state index contributed by atoms with van der Waals surface area (Å²) >= 11 is 0. The highest BCUT2D eigenvalue weighted by Gasteiger charge is 2.51. The largest absolute Gasteiger partial charge is 0.486 e. The minimum atomic E-state index is -1.73. The molecule has 1 unspecified atom stereocenters. The Bertz CT molecular complexity index is 1030. The van der Waals surface area contributed by atoms with Crippen molar-refractivity contribution in [2.24, 2.45) is 5.92 Å². The minimum absolute atomic E-state index is 0.0963. The topological polar surface area (TPSA) is 110 Å². The zero-order chi connectivity index (χ0) is 22.1. The molecule has 0 saturated carbocycles. The second-order valence-electron chi connectivity index (χ2n) is 7.47. The average Bonchev–Trinajstić information content (AvgIpc) is 2.70. The molecule has 3 rings (SSSR count). The van der Waals surface area contributed by atoms with Crippen molar-refractivity contribution in [2.75, 3.05) is 6.54 Å². The summed E-state index contributed by atoms with van der Waals surface area (Å²) in [6.45, 7) is 2.20. The van der Waals surface area contributed by atoms with E-state index >= 15 is 4.39 Å². The molecule has 156 valence electrons. The number of halogens is 1. The molecule has 0 spiro atoms. The van der Waals surface area contributed by atoms with Crippen LogP contribution in [0.5, 0.6) is 5.75 Å². The molecule has 1 aliphatic rings. The Morgan fingerprint density at radius 1 is 1.13 bits per heavy atom. The van der Waals surface area contributed by atoms with E-state index in [1.807, 2.05) is 35.6 Å². The number of ketones is 2. The van der Waals surface area contributed by atoms with Gasteiger partial charge in [-0.2, -0.15) is 0 Å². The third kappa shape index (κ3) is 3.80. The van der Waals surface area contributed by atoms with Crippen LogP contribution < -0.4 is 10.1 Å². The first-order valence-electron chi connectivity index (χ1n) is 9.22. The lowest BCUT2D eigenvalue weighted by Gasteiger charge is -2.34. The third-order valence-electron chi connectivity index (χ3n) is 5.05. The molecule has 2 aromatic carbocycles. The fourth-order valence-electron chi connectivity index (χ4n) is 3.48. The Hall–Kier alpha value is -3.55. The average molecular weight is 413 g/mol. The molecule has 7 nitrogen and oxygen atoms in total. The van der Waals surface area contributed by atoms with E-state index in [2.05, 4.69) is 0 Å². The molecule has 2 aromatic rings. The van der Waals surface area contributed by atoms with Gasteiger partial charge < -0.3 is 15.2 Å². The molecule has 0 bridgehead atoms. The molecule has 0 aliphatic heterocycles. The predicted molar refractivity (Wildman–Crippen MR) is 104 cm³/mol. The number of carbonyl (C=O) groups excluding carboxylic acids is 3. The standard InChI is InChI=1S/C22H20FNO6/c1-22(2)17-13(19(27)16(20(22)28)21(29)24-10-15(25)26)8-9-14(18(17)23)30-11-12-6-4-3-5-7-12/h3-9,16H,10-11H2,1-2H3,(H,24,29)(H,25,26). The van der Waals surface area contributed by atoms with Gasteiger partial charge in [0, 0.05) is 11.1 Å². The van der Waals surface area contributed by atoms with Crippen LogP contribution in [0.2, 0.25) is 0 Å². The van der Waals surface area contributed by atoms with Gasteiger partial charge in [0.2, 0.25) is 5.91 Å². The highest BCUT2D eigenvalue weighted by molar-refractivity contribution is 6.29. The number of rotatable bonds is 6. The number of carboxylic acid groups (broad SMARTS) is 1. The zero-order valence-electron chi connectivity index (χ0n) is 16.4. The Balaban J connectivity index is 1.94. The first-order chi connectivity index (χ1) is 14.1. The van der Waals surface area contributed by atoms with Crippen molar-refractivity contribution in [2.45, 2.75) is 25.9 Å². The monoisotopic (exact) mass is 413 g/mol. The van der Waals surface area contributed by atoms with E-state index < -0.39 is 47.1 Å². The van der Waals surface area contributed by atoms with Crippen LogP contribution in [-0.2, 0) is 26.4 Å². The number of hydrogen-bond acceptors (Lipinski definition) is 5. The Labute approximate surface area is 171 Å². The van der Waals surface area contributed by atoms with Gasteiger partial charge in [-0.15, -0.1) is 0 Å². The van der Waals surface area contributed by atoms with Crippen LogP contribution in [-0.4, -0.2) is 35.1 Å². The highest BCUT2D eigenvalue weighted by Crippen LogP contribution is 2.41. The van der Waals surface area contributed by atoms with Gasteiger partial charge in [0.05, 0.1) is 5.41 Å². The number of fused-ring (bicyclic) bond motifs is 1. The van der Waals surface area contributed by atoms with Crippen LogP contribution in [0.3, 0.4) is 0 Å². The quantitative estimate of drug-likeness (QED) is 0.703. The van der Waals surface area contributed by atoms with Crippen LogP contribution in [0.25, 0.3) is 0 Å². The van der Waals surface area contributed by atoms with Gasteiger partial charge in [-0.1, -0.05) is 30.3 Å². The maximum Gasteiger partial charge on any atom is 0.322 e. The first kappa shape index (κ1) is 21.2. The zero-order valence-corrected chi connectivity index (χ0v) is 16.4. The van der Waals surface area contributed by atoms with Crippen molar-refractivity contribution >= 4 is 23.4 Å². The molecule has 1 atom stereocenters. The molecule has 30 heavy (non-hydrogen) atoms. The predicted octanol–water partition coefficient (Wildman–Crippen LogP) is 2.26. The summed E-state index contributed by atoms with van der Waals surface area (Å²) in [6.07, 6.45) is 0. The number of Topliss-reactive ketones (excluding diaryl/α,β-unsaturated/α-hetero) is 2. The second kappa shape index (κ2) is 8.06. The summed E-state index contributed by atoms with van der Waals surface area (Å²) in [6, 6.07) is 11.7. The second-order valence-corrected chi connectivity index (χ2v) is 7.47. The van der Waals surface area contributed by atoms with Crippen molar-refractivity contribution in [3.8, 4) is 5.75 Å². The summed E-state index contributed by atoms with van der Waals surface area (Å²) < 4.78 is 20.8. The molecule has 2 N–H and O–H groups in total. The highest BCUT2D eigenvalue weighted by atomic mass is 19.1. The van der Waals surface area contributed by atoms with Crippen molar-refractivity contribution in [1.82, 2.24) is 5.32 Å². The van der Waals surface area contributed by atoms with Crippen LogP contribution in [0.15, 0.2) is 42.5 Å². The van der Waals surface area contributed by atoms with Gasteiger partial charge in [0.15, 0.2) is 29.1 Å². The molecule has 0 saturated heterocycles. The Morgan fingerprint density at radius 3 is 2.43 bits per heavy atom. The van der Waals surface area contributed by atoms with Gasteiger partial charge in [-0.3, -0.25) is 19.2 Å². The normalized spacial score (nSPS) is 17.2. The molecular formula is C22H20FNO6. The smallest absolute Gasteiger partial charge is 0.322 e. The number of hydrogen-bond donors (Lipinski definition) is 2. The van der Waals surface area contributed by atoms with Crippen LogP contribution in [0.4, 0.5) is 4.39 Å². The lowest BCUT2D eigenvalue weighted by atomic mass is 9.66. The van der Waals surface area contributed by atoms with Gasteiger partial charge in [-0.25, -0.2) is 4.39 Å². The van der Waals surface area contributed by atoms with E-state index in [0.717, 1.165) is 5.56 Å². The number of carbonyl (C=O) groups is 4. The lowest BCUT2D eigenvalue weighted by Crippen LogP contribution is -2.52. The summed E-state index contributed by atoms with van der Waals surface area (Å²) in [5.41, 5.74) is -0.911. The summed E-state index contributed by atoms with van der Waals surface area (Å²) in [7, 11) is 0. The maximum atomic E-state index is 15.3. The van der Waals surface area contributed by atoms with Crippen LogP contribution in [0, 0.1) is 11.7 Å². The fourth-order valence-corrected chi connectivity index (χ4v) is 3.48. The molecule has 0 aromatic heterocycles. The third-order valence-corrected chi connectivity index (χ3v) is 5.05. The fraction of sp³-hybridized carbons (Fsp3) is 0.273. The number of carboxylic acids is 1. The van der Waals surface area contributed by atoms with Crippen LogP contribution >= 0.6 is 0 Å². The van der Waals surface area contributed by atoms with E-state index in [1.165, 1.54) is 26.0 Å². The molecular weight excluding hydrogens is 393 g/mol. The SMILES string of the molecule is CC1(C)C(=O)C(C(=O)NCC(=O)O)C(=O)c2ccc(OCc3ccccc3)c(F)c21. The van der Waals surface area contributed by atoms with Crippen LogP contribution in [0.1, 0.15) is 35.3 Å². The number of amides is 1. The Morgan fingerprint density at radius 2 is 1.80 bits per heavy atom. The summed E-state index contributed by atoms with van der Waals surface area (Å²) in [5, 5.41) is 10.8. The van der Waals surface area contributed by atoms with Gasteiger partial charge in [0.25, 0.3) is 0 Å². The number of benzene rings is 2. The van der Waals surface area contributed by atoms with Crippen molar-refractivity contribution in [1.29, 1.82) is 0 Å². The summed E-state index contributed by atoms with van der Waals surface area (Å²) in [4.78, 5) is 48.7. The molecule has 0 radical (unpaired) electrons. The van der Waals surface area contributed by atoms with E-state index in [0.29, 0.717) is 0 Å². The summed E-state index contributed by atoms with van der Waals surface area (Å²) in [5.74, 6) is -6.68. The molecule has 0 fully saturated rings. The van der Waals surface area contributed by atoms with Gasteiger partial charge >= 0.3 is 5.97 Å². The van der Waals surface area contributed by atoms with Crippen molar-refractivity contribution in [3.63, 3.8) is 0 Å². The van der Waals surface area contributed by atoms with E-state index in [-0.39, 0.29) is 23.5 Å².